The van der Waals surface area contributed by atoms with Gasteiger partial charge in [0.15, 0.2) is 0 Å². The maximum Gasteiger partial charge on any atom is 0.309 e. The number of anilines is 1. The van der Waals surface area contributed by atoms with E-state index in [0.717, 1.165) is 47.1 Å². The molecule has 0 bridgehead atoms. The van der Waals surface area contributed by atoms with Crippen molar-refractivity contribution >= 4 is 63.0 Å². The molecule has 4 rings (SSSR count). The summed E-state index contributed by atoms with van der Waals surface area (Å²) in [4.78, 5) is 35.0. The molecule has 1 aromatic carbocycles. The quantitative estimate of drug-likeness (QED) is 0.304. The average molecular weight is 498 g/mol. The molecule has 2 fully saturated rings. The maximum atomic E-state index is 13.2. The van der Waals surface area contributed by atoms with Crippen LogP contribution in [-0.2, 0) is 14.3 Å². The third kappa shape index (κ3) is 4.84. The van der Waals surface area contributed by atoms with Gasteiger partial charge in [-0.2, -0.15) is 0 Å². The zero-order chi connectivity index (χ0) is 24.4. The Morgan fingerprint density at radius 1 is 1.32 bits per heavy atom. The number of hydrogen-bond acceptors (Lipinski definition) is 7. The Morgan fingerprint density at radius 3 is 2.74 bits per heavy atom. The van der Waals surface area contributed by atoms with Crippen molar-refractivity contribution in [1.82, 2.24) is 9.88 Å². The number of para-hydroxylation sites is 1. The Hall–Kier alpha value is -2.45. The first-order valence-corrected chi connectivity index (χ1v) is 13.2. The molecule has 0 radical (unpaired) electrons. The number of thioether (sulfide) groups is 1. The second-order valence-corrected chi connectivity index (χ2v) is 10.5. The fourth-order valence-electron chi connectivity index (χ4n) is 4.48. The number of fused-ring (bicyclic) bond motifs is 1. The van der Waals surface area contributed by atoms with Gasteiger partial charge < -0.3 is 9.64 Å². The average Bonchev–Trinajstić information content (AvgIpc) is 3.11. The van der Waals surface area contributed by atoms with Gasteiger partial charge in [-0.1, -0.05) is 49.1 Å². The smallest absolute Gasteiger partial charge is 0.309 e. The van der Waals surface area contributed by atoms with Crippen molar-refractivity contribution in [2.24, 2.45) is 5.92 Å². The highest BCUT2D eigenvalue weighted by Gasteiger charge is 2.35. The van der Waals surface area contributed by atoms with Crippen LogP contribution in [0, 0.1) is 12.8 Å². The number of carbonyl (C=O) groups excluding carboxylic acids is 2. The van der Waals surface area contributed by atoms with E-state index in [4.69, 9.17) is 21.9 Å². The van der Waals surface area contributed by atoms with Crippen LogP contribution in [0.15, 0.2) is 29.2 Å². The minimum absolute atomic E-state index is 0.0411. The minimum atomic E-state index is -0.113. The Kier molecular flexibility index (Phi) is 7.57. The van der Waals surface area contributed by atoms with E-state index in [9.17, 15) is 9.59 Å². The lowest BCUT2D eigenvalue weighted by Crippen LogP contribution is -2.37. The van der Waals surface area contributed by atoms with E-state index in [-0.39, 0.29) is 23.8 Å². The van der Waals surface area contributed by atoms with Gasteiger partial charge in [0.1, 0.15) is 10.1 Å². The summed E-state index contributed by atoms with van der Waals surface area (Å²) in [5.41, 5.74) is 2.96. The molecule has 2 aromatic rings. The molecule has 1 aromatic heterocycles. The van der Waals surface area contributed by atoms with Gasteiger partial charge >= 0.3 is 5.97 Å². The number of benzene rings is 1. The summed E-state index contributed by atoms with van der Waals surface area (Å²) in [6, 6.07) is 8.31. The molecule has 0 spiro atoms. The van der Waals surface area contributed by atoms with Gasteiger partial charge in [-0.3, -0.25) is 14.5 Å². The van der Waals surface area contributed by atoms with Crippen molar-refractivity contribution in [2.45, 2.75) is 53.0 Å². The molecular weight excluding hydrogens is 466 g/mol. The normalized spacial score (nSPS) is 19.4. The highest BCUT2D eigenvalue weighted by Crippen LogP contribution is 2.37. The second kappa shape index (κ2) is 10.4. The Balaban J connectivity index is 1.70. The minimum Gasteiger partial charge on any atom is -0.466 e. The lowest BCUT2D eigenvalue weighted by Gasteiger charge is -2.33. The van der Waals surface area contributed by atoms with Crippen molar-refractivity contribution in [3.05, 3.63) is 40.3 Å². The number of esters is 1. The highest BCUT2D eigenvalue weighted by molar-refractivity contribution is 8.26. The molecule has 1 unspecified atom stereocenters. The summed E-state index contributed by atoms with van der Waals surface area (Å²) in [6.07, 6.45) is 4.23. The van der Waals surface area contributed by atoms with Crippen LogP contribution in [0.5, 0.6) is 0 Å². The summed E-state index contributed by atoms with van der Waals surface area (Å²) < 4.78 is 5.83. The Bertz CT molecular complexity index is 1160. The van der Waals surface area contributed by atoms with Crippen LogP contribution in [0.4, 0.5) is 5.82 Å². The molecule has 6 nitrogen and oxygen atoms in total. The number of hydrogen-bond donors (Lipinski definition) is 0. The van der Waals surface area contributed by atoms with E-state index in [1.165, 1.54) is 11.8 Å². The molecular formula is C26H31N3O3S2. The van der Waals surface area contributed by atoms with Crippen molar-refractivity contribution in [2.75, 3.05) is 24.6 Å². The third-order valence-electron chi connectivity index (χ3n) is 6.61. The fraction of sp³-hybridized carbons (Fsp3) is 0.462. The fourth-order valence-corrected chi connectivity index (χ4v) is 5.94. The van der Waals surface area contributed by atoms with Gasteiger partial charge in [-0.15, -0.1) is 0 Å². The van der Waals surface area contributed by atoms with Gasteiger partial charge in [-0.25, -0.2) is 4.98 Å². The van der Waals surface area contributed by atoms with E-state index < -0.39 is 0 Å². The van der Waals surface area contributed by atoms with Crippen LogP contribution < -0.4 is 4.90 Å². The van der Waals surface area contributed by atoms with Crippen molar-refractivity contribution in [1.29, 1.82) is 0 Å². The number of ether oxygens (including phenoxy) is 1. The Labute approximate surface area is 210 Å². The molecule has 34 heavy (non-hydrogen) atoms. The standard InChI is InChI=1S/C26H31N3O3S2/c1-5-17(4)29-24(30)21(34-26(29)33)15-20-14-19-9-7-8-16(3)22(19)27-23(20)28-12-10-18(11-13-28)25(31)32-6-2/h7-9,14-15,17-18H,5-6,10-13H2,1-4H3/b21-15-. The van der Waals surface area contributed by atoms with Gasteiger partial charge in [0, 0.05) is 30.1 Å². The molecule has 2 saturated heterocycles. The molecule has 1 amide bonds. The first-order valence-electron chi connectivity index (χ1n) is 11.9. The summed E-state index contributed by atoms with van der Waals surface area (Å²) in [5, 5.41) is 1.04. The molecule has 1 atom stereocenters. The first-order chi connectivity index (χ1) is 16.3. The number of aromatic nitrogens is 1. The number of nitrogens with zero attached hydrogens (tertiary/aromatic N) is 3. The van der Waals surface area contributed by atoms with Crippen LogP contribution in [0.2, 0.25) is 0 Å². The lowest BCUT2D eigenvalue weighted by atomic mass is 9.96. The summed E-state index contributed by atoms with van der Waals surface area (Å²) in [6.45, 7) is 9.80. The molecule has 2 aliphatic heterocycles. The van der Waals surface area contributed by atoms with E-state index >= 15 is 0 Å². The molecule has 0 saturated carbocycles. The number of thiocarbonyl (C=S) groups is 1. The number of aryl methyl sites for hydroxylation is 1. The Morgan fingerprint density at radius 2 is 2.06 bits per heavy atom. The van der Waals surface area contributed by atoms with E-state index in [0.29, 0.717) is 28.9 Å². The zero-order valence-electron chi connectivity index (χ0n) is 20.2. The molecule has 8 heteroatoms. The first kappa shape index (κ1) is 24.7. The molecule has 0 N–H and O–H groups in total. The molecule has 2 aliphatic rings. The monoisotopic (exact) mass is 497 g/mol. The van der Waals surface area contributed by atoms with Crippen molar-refractivity contribution in [3.8, 4) is 0 Å². The van der Waals surface area contributed by atoms with E-state index in [2.05, 4.69) is 30.9 Å². The molecule has 3 heterocycles. The third-order valence-corrected chi connectivity index (χ3v) is 7.94. The number of amides is 1. The lowest BCUT2D eigenvalue weighted by molar-refractivity contribution is -0.148. The number of rotatable bonds is 6. The predicted octanol–water partition coefficient (Wildman–Crippen LogP) is 5.32. The van der Waals surface area contributed by atoms with Gasteiger partial charge in [-0.05, 0) is 57.7 Å². The SMILES string of the molecule is CCOC(=O)C1CCN(c2nc3c(C)cccc3cc2/C=C2\SC(=S)N(C(C)CC)C2=O)CC1. The predicted molar refractivity (Wildman–Crippen MR) is 143 cm³/mol. The van der Waals surface area contributed by atoms with Crippen LogP contribution in [0.1, 0.15) is 51.2 Å². The second-order valence-electron chi connectivity index (χ2n) is 8.87. The van der Waals surface area contributed by atoms with Gasteiger partial charge in [0.05, 0.1) is 22.9 Å². The van der Waals surface area contributed by atoms with Gasteiger partial charge in [0.2, 0.25) is 0 Å². The van der Waals surface area contributed by atoms with E-state index in [1.807, 2.05) is 32.1 Å². The number of pyridine rings is 1. The van der Waals surface area contributed by atoms with Crippen molar-refractivity contribution < 1.29 is 14.3 Å². The maximum absolute atomic E-state index is 13.2. The number of piperidine rings is 1. The van der Waals surface area contributed by atoms with E-state index in [1.54, 1.807) is 4.90 Å². The van der Waals surface area contributed by atoms with Crippen LogP contribution in [0.25, 0.3) is 17.0 Å². The zero-order valence-corrected chi connectivity index (χ0v) is 21.8. The highest BCUT2D eigenvalue weighted by atomic mass is 32.2. The van der Waals surface area contributed by atoms with Gasteiger partial charge in [0.25, 0.3) is 5.91 Å². The molecule has 180 valence electrons. The van der Waals surface area contributed by atoms with Crippen LogP contribution in [-0.4, -0.2) is 51.8 Å². The molecule has 0 aliphatic carbocycles. The van der Waals surface area contributed by atoms with Crippen LogP contribution in [0.3, 0.4) is 0 Å². The number of carbonyl (C=O) groups is 2. The summed E-state index contributed by atoms with van der Waals surface area (Å²) >= 11 is 6.88. The topological polar surface area (TPSA) is 62.7 Å². The largest absolute Gasteiger partial charge is 0.466 e. The van der Waals surface area contributed by atoms with Crippen LogP contribution >= 0.6 is 24.0 Å². The summed E-state index contributed by atoms with van der Waals surface area (Å²) in [7, 11) is 0. The summed E-state index contributed by atoms with van der Waals surface area (Å²) in [5.74, 6) is 0.616. The van der Waals surface area contributed by atoms with Crippen molar-refractivity contribution in [3.63, 3.8) is 0 Å².